The second-order valence-corrected chi connectivity index (χ2v) is 53.3. The summed E-state index contributed by atoms with van der Waals surface area (Å²) in [6.45, 7) is 92.2. The van der Waals surface area contributed by atoms with Crippen molar-refractivity contribution in [2.24, 2.45) is 56.0 Å². The lowest BCUT2D eigenvalue weighted by Gasteiger charge is -2.44. The molecule has 8 aliphatic rings. The molecule has 27 heteroatoms. The van der Waals surface area contributed by atoms with E-state index in [2.05, 4.69) is 366 Å². The van der Waals surface area contributed by atoms with Gasteiger partial charge in [0.25, 0.3) is 0 Å². The van der Waals surface area contributed by atoms with Crippen molar-refractivity contribution in [1.29, 1.82) is 0 Å². The molecule has 0 spiro atoms. The molecule has 10 rings (SSSR count). The van der Waals surface area contributed by atoms with Crippen molar-refractivity contribution in [2.45, 2.75) is 402 Å². The molecule has 0 aliphatic carbocycles. The van der Waals surface area contributed by atoms with Crippen LogP contribution < -0.4 is 21.7 Å². The Kier molecular flexibility index (Phi) is 63.3. The van der Waals surface area contributed by atoms with Gasteiger partial charge in [0.15, 0.2) is 0 Å². The number of rotatable bonds is 31. The highest BCUT2D eigenvalue weighted by molar-refractivity contribution is 5.77. The van der Waals surface area contributed by atoms with E-state index in [1.807, 2.05) is 6.92 Å². The minimum atomic E-state index is -0.464. The number of piperazine rings is 1. The van der Waals surface area contributed by atoms with Crippen LogP contribution in [0.4, 0.5) is 0 Å². The predicted octanol–water partition coefficient (Wildman–Crippen LogP) is 20.1. The van der Waals surface area contributed by atoms with Crippen LogP contribution in [-0.4, -0.2) is 339 Å². The van der Waals surface area contributed by atoms with Crippen LogP contribution >= 0.6 is 0 Å². The van der Waals surface area contributed by atoms with E-state index in [0.29, 0.717) is 116 Å². The lowest BCUT2D eigenvalue weighted by Crippen LogP contribution is -2.55. The highest BCUT2D eigenvalue weighted by atomic mass is 16.6. The summed E-state index contributed by atoms with van der Waals surface area (Å²) in [6, 6.07) is 22.6. The first kappa shape index (κ1) is 137. The first-order valence-electron chi connectivity index (χ1n) is 56.6. The third-order valence-corrected chi connectivity index (χ3v) is 29.5. The summed E-state index contributed by atoms with van der Waals surface area (Å²) in [5, 5.41) is 10.1. The highest BCUT2D eigenvalue weighted by Gasteiger charge is 2.42. The first-order chi connectivity index (χ1) is 68.0. The van der Waals surface area contributed by atoms with Crippen molar-refractivity contribution in [2.75, 3.05) is 206 Å². The second-order valence-electron chi connectivity index (χ2n) is 53.3. The number of esters is 7. The van der Waals surface area contributed by atoms with Gasteiger partial charge in [0.1, 0.15) is 18.8 Å². The molecule has 5 N–H and O–H groups in total. The molecule has 2 aromatic rings. The van der Waals surface area contributed by atoms with E-state index in [4.69, 9.17) is 29.4 Å². The largest absolute Gasteiger partial charge is 0.468 e. The van der Waals surface area contributed by atoms with Crippen LogP contribution in [0, 0.1) is 50.2 Å². The number of carbonyl (C=O) groups excluding carboxylic acids is 7. The normalized spacial score (nSPS) is 20.0. The summed E-state index contributed by atoms with van der Waals surface area (Å²) in [6.07, 6.45) is 19.7. The van der Waals surface area contributed by atoms with Crippen molar-refractivity contribution >= 4 is 41.8 Å². The van der Waals surface area contributed by atoms with Crippen LogP contribution in [0.3, 0.4) is 0 Å². The number of piperidine rings is 5. The number of ether oxygens (including phenoxy) is 7. The Bertz CT molecular complexity index is 3800. The number of likely N-dealkylation sites (tertiary alicyclic amines) is 5. The van der Waals surface area contributed by atoms with Gasteiger partial charge in [-0.05, 0) is 377 Å². The van der Waals surface area contributed by atoms with Gasteiger partial charge in [-0.3, -0.25) is 58.1 Å². The van der Waals surface area contributed by atoms with Gasteiger partial charge >= 0.3 is 41.8 Å². The smallest absolute Gasteiger partial charge is 0.322 e. The maximum atomic E-state index is 12.5. The minimum absolute atomic E-state index is 0.0278. The summed E-state index contributed by atoms with van der Waals surface area (Å²) in [4.78, 5) is 101. The molecule has 0 radical (unpaired) electrons. The molecule has 8 fully saturated rings. The van der Waals surface area contributed by atoms with Crippen LogP contribution in [0.5, 0.6) is 0 Å². The Hall–Kier alpha value is -5.79. The maximum Gasteiger partial charge on any atom is 0.322 e. The van der Waals surface area contributed by atoms with Crippen molar-refractivity contribution < 1.29 is 66.7 Å². The third kappa shape index (κ3) is 64.2. The number of hydrogen-bond donors (Lipinski definition) is 4. The number of carbonyl (C=O) groups is 7. The van der Waals surface area contributed by atoms with Crippen molar-refractivity contribution in [3.8, 4) is 0 Å². The van der Waals surface area contributed by atoms with Crippen molar-refractivity contribution in [1.82, 2.24) is 60.0 Å². The zero-order chi connectivity index (χ0) is 112. The molecule has 0 amide bonds. The minimum Gasteiger partial charge on any atom is -0.468 e. The summed E-state index contributed by atoms with van der Waals surface area (Å²) >= 11 is 0. The fraction of sp³-hybridized carbons (Fsp3) is 0.842. The van der Waals surface area contributed by atoms with Gasteiger partial charge < -0.3 is 74.4 Å². The molecule has 0 saturated carbocycles. The Labute approximate surface area is 899 Å². The monoisotopic (exact) mass is 2070 g/mol. The molecule has 0 aromatic heterocycles. The Morgan fingerprint density at radius 3 is 1.29 bits per heavy atom. The Morgan fingerprint density at radius 2 is 0.898 bits per heavy atom. The van der Waals surface area contributed by atoms with E-state index in [9.17, 15) is 33.6 Å². The number of nitrogens with zero attached hydrogens (tertiary/aromatic N) is 9. The van der Waals surface area contributed by atoms with Gasteiger partial charge in [-0.25, -0.2) is 0 Å². The van der Waals surface area contributed by atoms with E-state index < -0.39 is 6.04 Å². The molecule has 854 valence electrons. The molecule has 2 aromatic carbocycles. The molecular formula is C120H225N13O14. The van der Waals surface area contributed by atoms with Gasteiger partial charge in [0, 0.05) is 99.1 Å². The number of benzene rings is 2. The average molecular weight is 2070 g/mol. The molecular weight excluding hydrogens is 1850 g/mol. The van der Waals surface area contributed by atoms with Gasteiger partial charge in [-0.2, -0.15) is 0 Å². The van der Waals surface area contributed by atoms with Gasteiger partial charge in [0.2, 0.25) is 0 Å². The molecule has 8 saturated heterocycles. The zero-order valence-corrected chi connectivity index (χ0v) is 101. The molecule has 8 heterocycles. The Morgan fingerprint density at radius 1 is 0.483 bits per heavy atom. The molecule has 5 atom stereocenters. The topological polar surface area (TPSA) is 275 Å². The van der Waals surface area contributed by atoms with E-state index in [1.54, 1.807) is 0 Å². The molecule has 147 heavy (non-hydrogen) atoms. The summed E-state index contributed by atoms with van der Waals surface area (Å²) in [5.41, 5.74) is 10.7. The number of nitrogens with two attached hydrogens (primary N) is 1. The van der Waals surface area contributed by atoms with Crippen LogP contribution in [0.15, 0.2) is 60.7 Å². The van der Waals surface area contributed by atoms with Gasteiger partial charge in [-0.1, -0.05) is 165 Å². The van der Waals surface area contributed by atoms with E-state index in [1.165, 1.54) is 57.5 Å². The molecule has 27 nitrogen and oxygen atoms in total. The lowest BCUT2D eigenvalue weighted by molar-refractivity contribution is -0.160. The standard InChI is InChI=1S/C18H34N2O2.C17H32N2O2.C15H30N2O2.2C14H23N.C12H22N2O2.C12H23NO2.2C9H19NO2/c1-17(2,3)20-12-8-18(4,9-13-20)16(21)22-14-15-6-10-19(5)11-7-15;1-17(2,3)19-11-7-15(8-12-19)16(20)21-13-14-5-9-18(4)10-6-14;1-6-19-14(18)9-10-16(5)13-7-11-17(12-8-13)15(2,3)4;2*1-12(13-8-6-5-7-9-13)15-11-10-14(2,3)4;1-12(2,3)14-6-4-13(5-7-14)10-8-11(15)16-9-10;1-12(2,3)7-8-13(4)9-10-5-6-11(14)15-10;1-9(2,3)5-6-10-7-8(11)12-4;1-9(2,3)6-5-7(10)8(11)12-4/h15H,6-14H2,1-5H3;14-15H,5-13H2,1-4H3;13H,6-12H2,1-5H3;2*5-9,12,15H,10-11H2,1-4H3;10H,4-9H2,1-3H3;10H,5-9H2,1-4H3;10H,5-7H2,1-4H3;7H,5-6,10H2,1-4H3/t;;;2*12-;;;;7-/m...10...0/s1. The summed E-state index contributed by atoms with van der Waals surface area (Å²) < 4.78 is 35.5. The zero-order valence-electron chi connectivity index (χ0n) is 101. The fourth-order valence-corrected chi connectivity index (χ4v) is 18.3. The Balaban J connectivity index is 0.000000563. The lowest BCUT2D eigenvalue weighted by atomic mass is 9.79. The fourth-order valence-electron chi connectivity index (χ4n) is 18.3. The first-order valence-corrected chi connectivity index (χ1v) is 56.6. The van der Waals surface area contributed by atoms with Crippen LogP contribution in [0.2, 0.25) is 0 Å². The van der Waals surface area contributed by atoms with Crippen molar-refractivity contribution in [3.63, 3.8) is 0 Å². The second kappa shape index (κ2) is 67.8. The van der Waals surface area contributed by atoms with Crippen LogP contribution in [0.1, 0.15) is 366 Å². The number of likely N-dealkylation sites (N-methyl/N-ethyl adjacent to an activating group) is 1. The summed E-state index contributed by atoms with van der Waals surface area (Å²) in [7, 11) is 11.3. The van der Waals surface area contributed by atoms with Gasteiger partial charge in [0.05, 0.1) is 70.8 Å². The molecule has 2 unspecified atom stereocenters. The quantitative estimate of drug-likeness (QED) is 0.0310. The van der Waals surface area contributed by atoms with E-state index in [-0.39, 0.29) is 86.8 Å². The van der Waals surface area contributed by atoms with Gasteiger partial charge in [-0.15, -0.1) is 0 Å². The number of nitrogens with one attached hydrogen (secondary N) is 3. The third-order valence-electron chi connectivity index (χ3n) is 29.5. The maximum absolute atomic E-state index is 12.5. The van der Waals surface area contributed by atoms with E-state index >= 15 is 0 Å². The highest BCUT2D eigenvalue weighted by Crippen LogP contribution is 2.37. The number of cyclic esters (lactones) is 2. The number of hydrogen-bond acceptors (Lipinski definition) is 27. The average Bonchev–Trinajstić information content (AvgIpc) is 1.36. The number of methoxy groups -OCH3 is 2. The van der Waals surface area contributed by atoms with Crippen molar-refractivity contribution in [3.05, 3.63) is 71.8 Å². The summed E-state index contributed by atoms with van der Waals surface area (Å²) in [5.74, 6) is 0.632. The van der Waals surface area contributed by atoms with E-state index in [0.717, 1.165) is 202 Å². The predicted molar refractivity (Wildman–Crippen MR) is 608 cm³/mol. The molecule has 0 bridgehead atoms. The van der Waals surface area contributed by atoms with Crippen LogP contribution in [0.25, 0.3) is 0 Å². The molecule has 8 aliphatic heterocycles. The SMILES string of the molecule is CC(C)(C)N1CCN(C2COC(=O)C2)CC1.CCOC(=O)CCN(C)C1CCN(C(C)(C)C)CC1.CN(CCC(C)(C)C)CC1CCC(=O)O1.CN1CCC(COC(=O)C2(C)CCN(C(C)(C)C)CC2)CC1.CN1CCC(COC(=O)C2CCN(C(C)(C)C)CC2)CC1.COC(=O)CNCCC(C)(C)C.COC(=O)[C@@H](N)CCC(C)(C)C.C[C@@H](NCCC(C)(C)C)c1ccccc1.C[C@H](NCCC(C)(C)C)c1ccccc1. The van der Waals surface area contributed by atoms with Crippen LogP contribution in [-0.2, 0) is 66.7 Å².